The number of amides is 1. The summed E-state index contributed by atoms with van der Waals surface area (Å²) in [5, 5.41) is 12.2. The summed E-state index contributed by atoms with van der Waals surface area (Å²) in [4.78, 5) is 11.2. The number of benzene rings is 1. The molecular weight excluding hydrogens is 182 g/mol. The van der Waals surface area contributed by atoms with Crippen LogP contribution < -0.4 is 10.1 Å². The third-order valence-corrected chi connectivity index (χ3v) is 2.40. The molecule has 0 bridgehead atoms. The molecule has 14 heavy (non-hydrogen) atoms. The zero-order chi connectivity index (χ0) is 10.3. The van der Waals surface area contributed by atoms with E-state index in [1.54, 1.807) is 6.07 Å². The average Bonchev–Trinajstić information content (AvgIpc) is 2.47. The number of carbonyl (C=O) groups excluding carboxylic acids is 1. The third kappa shape index (κ3) is 1.08. The molecule has 74 valence electrons. The molecule has 0 radical (unpaired) electrons. The second-order valence-corrected chi connectivity index (χ2v) is 3.27. The largest absolute Gasteiger partial charge is 0.496 e. The first-order chi connectivity index (χ1) is 6.65. The normalized spacial score (nSPS) is 19.1. The van der Waals surface area contributed by atoms with E-state index in [9.17, 15) is 9.90 Å². The van der Waals surface area contributed by atoms with Crippen LogP contribution in [0.5, 0.6) is 5.75 Å². The van der Waals surface area contributed by atoms with E-state index < -0.39 is 12.0 Å². The first-order valence-corrected chi connectivity index (χ1v) is 4.31. The van der Waals surface area contributed by atoms with Crippen LogP contribution in [0.2, 0.25) is 0 Å². The molecule has 1 atom stereocenters. The monoisotopic (exact) mass is 193 g/mol. The van der Waals surface area contributed by atoms with Gasteiger partial charge in [0.05, 0.1) is 18.4 Å². The van der Waals surface area contributed by atoms with Crippen molar-refractivity contribution in [3.05, 3.63) is 23.3 Å². The van der Waals surface area contributed by atoms with Crippen molar-refractivity contribution in [2.75, 3.05) is 12.4 Å². The first-order valence-electron chi connectivity index (χ1n) is 4.31. The van der Waals surface area contributed by atoms with Crippen molar-refractivity contribution in [3.63, 3.8) is 0 Å². The van der Waals surface area contributed by atoms with Crippen LogP contribution in [0.4, 0.5) is 5.69 Å². The second kappa shape index (κ2) is 2.99. The van der Waals surface area contributed by atoms with Gasteiger partial charge >= 0.3 is 0 Å². The Morgan fingerprint density at radius 3 is 2.86 bits per heavy atom. The predicted octanol–water partition coefficient (Wildman–Crippen LogP) is 0.989. The standard InChI is InChI=1S/C10H11NO3/c1-5-3-4-6(14-2)7-8(5)11-10(13)9(7)12/h3-4,9,12H,1-2H3,(H,11,13). The molecule has 4 nitrogen and oxygen atoms in total. The molecule has 0 fully saturated rings. The minimum absolute atomic E-state index is 0.396. The van der Waals surface area contributed by atoms with Crippen LogP contribution in [0.3, 0.4) is 0 Å². The van der Waals surface area contributed by atoms with Crippen LogP contribution in [-0.2, 0) is 4.79 Å². The highest BCUT2D eigenvalue weighted by molar-refractivity contribution is 6.03. The number of nitrogens with one attached hydrogen (secondary N) is 1. The Hall–Kier alpha value is -1.55. The molecule has 0 spiro atoms. The maximum Gasteiger partial charge on any atom is 0.258 e. The summed E-state index contributed by atoms with van der Waals surface area (Å²) in [6.45, 7) is 1.87. The lowest BCUT2D eigenvalue weighted by Gasteiger charge is -2.09. The highest BCUT2D eigenvalue weighted by Gasteiger charge is 2.32. The van der Waals surface area contributed by atoms with Crippen LogP contribution in [0, 0.1) is 6.92 Å². The van der Waals surface area contributed by atoms with Crippen LogP contribution in [0.1, 0.15) is 17.2 Å². The van der Waals surface area contributed by atoms with E-state index in [0.29, 0.717) is 17.0 Å². The highest BCUT2D eigenvalue weighted by atomic mass is 16.5. The van der Waals surface area contributed by atoms with Crippen molar-refractivity contribution >= 4 is 11.6 Å². The van der Waals surface area contributed by atoms with Gasteiger partial charge in [0, 0.05) is 0 Å². The molecule has 0 saturated heterocycles. The van der Waals surface area contributed by atoms with Crippen LogP contribution >= 0.6 is 0 Å². The summed E-state index contributed by atoms with van der Waals surface area (Å²) >= 11 is 0. The molecule has 2 N–H and O–H groups in total. The lowest BCUT2D eigenvalue weighted by atomic mass is 10.1. The molecule has 0 aromatic heterocycles. The van der Waals surface area contributed by atoms with Crippen molar-refractivity contribution in [2.45, 2.75) is 13.0 Å². The number of aliphatic hydroxyl groups is 1. The molecule has 0 aliphatic carbocycles. The summed E-state index contributed by atoms with van der Waals surface area (Å²) in [6.07, 6.45) is -1.11. The van der Waals surface area contributed by atoms with Gasteiger partial charge in [0.1, 0.15) is 5.75 Å². The van der Waals surface area contributed by atoms with Crippen molar-refractivity contribution in [1.29, 1.82) is 0 Å². The van der Waals surface area contributed by atoms with E-state index in [-0.39, 0.29) is 0 Å². The van der Waals surface area contributed by atoms with Gasteiger partial charge in [-0.3, -0.25) is 4.79 Å². The Morgan fingerprint density at radius 1 is 1.50 bits per heavy atom. The Kier molecular flexibility index (Phi) is 1.93. The Balaban J connectivity index is 2.64. The van der Waals surface area contributed by atoms with E-state index in [1.807, 2.05) is 13.0 Å². The fraction of sp³-hybridized carbons (Fsp3) is 0.300. The van der Waals surface area contributed by atoms with Crippen molar-refractivity contribution in [2.24, 2.45) is 0 Å². The number of aliphatic hydroxyl groups excluding tert-OH is 1. The number of ether oxygens (including phenoxy) is 1. The molecule has 1 heterocycles. The van der Waals surface area contributed by atoms with E-state index in [2.05, 4.69) is 5.32 Å². The zero-order valence-electron chi connectivity index (χ0n) is 8.00. The second-order valence-electron chi connectivity index (χ2n) is 3.27. The van der Waals surface area contributed by atoms with Crippen molar-refractivity contribution < 1.29 is 14.6 Å². The molecule has 1 aromatic carbocycles. The van der Waals surface area contributed by atoms with E-state index >= 15 is 0 Å². The van der Waals surface area contributed by atoms with Crippen molar-refractivity contribution in [3.8, 4) is 5.75 Å². The van der Waals surface area contributed by atoms with Crippen LogP contribution in [0.15, 0.2) is 12.1 Å². The van der Waals surface area contributed by atoms with Gasteiger partial charge in [0.2, 0.25) is 0 Å². The van der Waals surface area contributed by atoms with Gasteiger partial charge in [-0.15, -0.1) is 0 Å². The molecule has 1 aromatic rings. The maximum absolute atomic E-state index is 11.2. The smallest absolute Gasteiger partial charge is 0.258 e. The fourth-order valence-corrected chi connectivity index (χ4v) is 1.65. The molecule has 4 heteroatoms. The maximum atomic E-state index is 11.2. The molecule has 1 unspecified atom stereocenters. The molecular formula is C10H11NO3. The topological polar surface area (TPSA) is 58.6 Å². The van der Waals surface area contributed by atoms with Crippen LogP contribution in [0.25, 0.3) is 0 Å². The summed E-state index contributed by atoms with van der Waals surface area (Å²) in [5.41, 5.74) is 2.13. The Morgan fingerprint density at radius 2 is 2.21 bits per heavy atom. The number of carbonyl (C=O) groups is 1. The van der Waals surface area contributed by atoms with Gasteiger partial charge in [-0.1, -0.05) is 6.07 Å². The minimum atomic E-state index is -1.11. The number of hydrogen-bond acceptors (Lipinski definition) is 3. The average molecular weight is 193 g/mol. The lowest BCUT2D eigenvalue weighted by molar-refractivity contribution is -0.123. The summed E-state index contributed by atoms with van der Waals surface area (Å²) in [7, 11) is 1.51. The third-order valence-electron chi connectivity index (χ3n) is 2.40. The summed E-state index contributed by atoms with van der Waals surface area (Å²) < 4.78 is 5.08. The number of fused-ring (bicyclic) bond motifs is 1. The number of hydrogen-bond donors (Lipinski definition) is 2. The number of aryl methyl sites for hydroxylation is 1. The molecule has 1 aliphatic rings. The van der Waals surface area contributed by atoms with Crippen molar-refractivity contribution in [1.82, 2.24) is 0 Å². The Bertz CT molecular complexity index is 401. The number of anilines is 1. The van der Waals surface area contributed by atoms with Gasteiger partial charge in [-0.2, -0.15) is 0 Å². The minimum Gasteiger partial charge on any atom is -0.496 e. The molecule has 0 saturated carbocycles. The van der Waals surface area contributed by atoms with Gasteiger partial charge in [0.25, 0.3) is 5.91 Å². The molecule has 1 amide bonds. The lowest BCUT2D eigenvalue weighted by Crippen LogP contribution is -2.11. The first kappa shape index (κ1) is 9.02. The quantitative estimate of drug-likeness (QED) is 0.699. The van der Waals surface area contributed by atoms with Gasteiger partial charge in [-0.05, 0) is 18.6 Å². The van der Waals surface area contributed by atoms with Gasteiger partial charge in [-0.25, -0.2) is 0 Å². The SMILES string of the molecule is COc1ccc(C)c2c1C(O)C(=O)N2. The van der Waals surface area contributed by atoms with Crippen LogP contribution in [-0.4, -0.2) is 18.1 Å². The van der Waals surface area contributed by atoms with Gasteiger partial charge in [0.15, 0.2) is 6.10 Å². The van der Waals surface area contributed by atoms with E-state index in [1.165, 1.54) is 7.11 Å². The Labute approximate surface area is 81.5 Å². The van der Waals surface area contributed by atoms with Gasteiger partial charge < -0.3 is 15.2 Å². The summed E-state index contributed by atoms with van der Waals surface area (Å²) in [6, 6.07) is 3.59. The number of methoxy groups -OCH3 is 1. The van der Waals surface area contributed by atoms with E-state index in [4.69, 9.17) is 4.74 Å². The van der Waals surface area contributed by atoms with E-state index in [0.717, 1.165) is 5.56 Å². The molecule has 1 aliphatic heterocycles. The predicted molar refractivity (Wildman–Crippen MR) is 51.3 cm³/mol. The zero-order valence-corrected chi connectivity index (χ0v) is 8.00. The summed E-state index contributed by atoms with van der Waals surface area (Å²) in [5.74, 6) is 0.143. The fourth-order valence-electron chi connectivity index (χ4n) is 1.65. The number of rotatable bonds is 1. The molecule has 2 rings (SSSR count). The highest BCUT2D eigenvalue weighted by Crippen LogP contribution is 2.39.